The van der Waals surface area contributed by atoms with Crippen LogP contribution in [0.3, 0.4) is 0 Å². The van der Waals surface area contributed by atoms with Crippen LogP contribution in [0.5, 0.6) is 5.75 Å². The lowest BCUT2D eigenvalue weighted by molar-refractivity contribution is -0.826. The molecule has 1 aromatic heterocycles. The molecule has 0 fully saturated rings. The summed E-state index contributed by atoms with van der Waals surface area (Å²) in [6.07, 6.45) is 0.958. The molecule has 0 saturated carbocycles. The minimum Gasteiger partial charge on any atom is -0.486 e. The SMILES string of the molecule is CC[N+](C)(CC)C(=O)NCC(O)c1cccc(OCc2ncc3ccccc3n2)c1. The molecule has 2 N–H and O–H groups in total. The number of hydrogen-bond donors (Lipinski definition) is 2. The van der Waals surface area contributed by atoms with Gasteiger partial charge in [0.05, 0.1) is 38.3 Å². The zero-order chi connectivity index (χ0) is 21.6. The maximum absolute atomic E-state index is 12.4. The van der Waals surface area contributed by atoms with Crippen molar-refractivity contribution in [3.63, 3.8) is 0 Å². The van der Waals surface area contributed by atoms with Gasteiger partial charge >= 0.3 is 6.03 Å². The Kier molecular flexibility index (Phi) is 6.97. The number of fused-ring (bicyclic) bond motifs is 1. The largest absolute Gasteiger partial charge is 0.486 e. The molecule has 1 atom stereocenters. The van der Waals surface area contributed by atoms with Crippen LogP contribution in [0.15, 0.2) is 54.7 Å². The molecule has 0 aliphatic carbocycles. The van der Waals surface area contributed by atoms with Crippen molar-refractivity contribution in [3.05, 3.63) is 66.1 Å². The van der Waals surface area contributed by atoms with Crippen molar-refractivity contribution in [2.75, 3.05) is 26.7 Å². The van der Waals surface area contributed by atoms with E-state index in [2.05, 4.69) is 15.3 Å². The first-order valence-corrected chi connectivity index (χ1v) is 10.2. The highest BCUT2D eigenvalue weighted by molar-refractivity contribution is 5.77. The molecule has 3 rings (SSSR count). The third-order valence-corrected chi connectivity index (χ3v) is 5.48. The van der Waals surface area contributed by atoms with Crippen molar-refractivity contribution in [2.24, 2.45) is 0 Å². The summed E-state index contributed by atoms with van der Waals surface area (Å²) in [5, 5.41) is 14.3. The fourth-order valence-electron chi connectivity index (χ4n) is 3.04. The normalized spacial score (nSPS) is 12.5. The van der Waals surface area contributed by atoms with Gasteiger partial charge in [0.15, 0.2) is 5.82 Å². The molecule has 1 unspecified atom stereocenters. The standard InChI is InChI=1S/C23H28N4O3/c1-4-27(3,5-2)23(29)25-15-21(28)17-10-8-11-19(13-17)30-16-22-24-14-18-9-6-7-12-20(18)26-22/h6-14,21,28H,4-5,15-16H2,1-3H3/p+1. The second-order valence-corrected chi connectivity index (χ2v) is 7.44. The predicted molar refractivity (Wildman–Crippen MR) is 116 cm³/mol. The number of carbonyl (C=O) groups excluding carboxylic acids is 1. The van der Waals surface area contributed by atoms with Crippen molar-refractivity contribution in [3.8, 4) is 5.75 Å². The number of ether oxygens (including phenoxy) is 1. The molecule has 30 heavy (non-hydrogen) atoms. The number of aliphatic hydroxyl groups excluding tert-OH is 1. The number of rotatable bonds is 8. The lowest BCUT2D eigenvalue weighted by Crippen LogP contribution is -2.54. The van der Waals surface area contributed by atoms with Crippen LogP contribution in [-0.4, -0.2) is 52.3 Å². The van der Waals surface area contributed by atoms with E-state index in [1.807, 2.05) is 63.4 Å². The fourth-order valence-corrected chi connectivity index (χ4v) is 3.04. The topological polar surface area (TPSA) is 84.3 Å². The van der Waals surface area contributed by atoms with Crippen molar-refractivity contribution in [1.29, 1.82) is 0 Å². The molecule has 1 heterocycles. The van der Waals surface area contributed by atoms with Gasteiger partial charge in [0.25, 0.3) is 0 Å². The Labute approximate surface area is 176 Å². The lowest BCUT2D eigenvalue weighted by atomic mass is 10.1. The molecule has 2 amide bonds. The van der Waals surface area contributed by atoms with Gasteiger partial charge in [-0.25, -0.2) is 19.2 Å². The van der Waals surface area contributed by atoms with Crippen LogP contribution in [0.2, 0.25) is 0 Å². The van der Waals surface area contributed by atoms with E-state index in [1.54, 1.807) is 12.3 Å². The predicted octanol–water partition coefficient (Wildman–Crippen LogP) is 3.44. The first-order valence-electron chi connectivity index (χ1n) is 10.2. The Morgan fingerprint density at radius 2 is 1.93 bits per heavy atom. The van der Waals surface area contributed by atoms with E-state index >= 15 is 0 Å². The Hall–Kier alpha value is -3.03. The lowest BCUT2D eigenvalue weighted by Gasteiger charge is -2.29. The van der Waals surface area contributed by atoms with E-state index in [9.17, 15) is 9.90 Å². The summed E-state index contributed by atoms with van der Waals surface area (Å²) < 4.78 is 6.10. The summed E-state index contributed by atoms with van der Waals surface area (Å²) in [5.41, 5.74) is 1.55. The molecule has 0 radical (unpaired) electrons. The second-order valence-electron chi connectivity index (χ2n) is 7.44. The highest BCUT2D eigenvalue weighted by Gasteiger charge is 2.28. The van der Waals surface area contributed by atoms with Crippen LogP contribution in [0.25, 0.3) is 10.9 Å². The molecular weight excluding hydrogens is 380 g/mol. The van der Waals surface area contributed by atoms with Gasteiger partial charge in [-0.15, -0.1) is 0 Å². The molecule has 0 bridgehead atoms. The monoisotopic (exact) mass is 409 g/mol. The Morgan fingerprint density at radius 1 is 1.17 bits per heavy atom. The van der Waals surface area contributed by atoms with Gasteiger partial charge in [-0.05, 0) is 37.6 Å². The van der Waals surface area contributed by atoms with E-state index < -0.39 is 6.10 Å². The summed E-state index contributed by atoms with van der Waals surface area (Å²) in [6, 6.07) is 14.9. The summed E-state index contributed by atoms with van der Waals surface area (Å²) in [5.74, 6) is 1.19. The van der Waals surface area contributed by atoms with E-state index in [0.29, 0.717) is 30.2 Å². The molecule has 3 aromatic rings. The third kappa shape index (κ3) is 5.11. The van der Waals surface area contributed by atoms with Crippen LogP contribution in [-0.2, 0) is 6.61 Å². The van der Waals surface area contributed by atoms with Gasteiger partial charge in [-0.2, -0.15) is 0 Å². The summed E-state index contributed by atoms with van der Waals surface area (Å²) >= 11 is 0. The van der Waals surface area contributed by atoms with Crippen molar-refractivity contribution >= 4 is 16.9 Å². The molecule has 0 aliphatic heterocycles. The van der Waals surface area contributed by atoms with Crippen molar-refractivity contribution in [2.45, 2.75) is 26.6 Å². The highest BCUT2D eigenvalue weighted by atomic mass is 16.5. The van der Waals surface area contributed by atoms with E-state index in [0.717, 1.165) is 10.9 Å². The minimum absolute atomic E-state index is 0.0973. The second kappa shape index (κ2) is 9.65. The van der Waals surface area contributed by atoms with E-state index in [1.165, 1.54) is 0 Å². The van der Waals surface area contributed by atoms with Crippen LogP contribution in [0, 0.1) is 0 Å². The molecule has 0 aliphatic rings. The number of carbonyl (C=O) groups is 1. The quantitative estimate of drug-likeness (QED) is 0.557. The number of nitrogens with zero attached hydrogens (tertiary/aromatic N) is 3. The third-order valence-electron chi connectivity index (χ3n) is 5.48. The van der Waals surface area contributed by atoms with Gasteiger partial charge in [0.2, 0.25) is 0 Å². The fraction of sp³-hybridized carbons (Fsp3) is 0.348. The highest BCUT2D eigenvalue weighted by Crippen LogP contribution is 2.20. The Balaban J connectivity index is 1.60. The molecule has 7 nitrogen and oxygen atoms in total. The first-order chi connectivity index (χ1) is 14.4. The zero-order valence-electron chi connectivity index (χ0n) is 17.7. The summed E-state index contributed by atoms with van der Waals surface area (Å²) in [7, 11) is 1.88. The number of aromatic nitrogens is 2. The maximum atomic E-state index is 12.4. The van der Waals surface area contributed by atoms with Crippen LogP contribution >= 0.6 is 0 Å². The van der Waals surface area contributed by atoms with E-state index in [-0.39, 0.29) is 23.7 Å². The molecule has 7 heteroatoms. The minimum atomic E-state index is -0.823. The average molecular weight is 410 g/mol. The Bertz CT molecular complexity index is 1000. The van der Waals surface area contributed by atoms with Gasteiger partial charge in [0, 0.05) is 11.6 Å². The molecule has 158 valence electrons. The van der Waals surface area contributed by atoms with Crippen LogP contribution in [0.4, 0.5) is 4.79 Å². The number of quaternary nitrogens is 1. The first kappa shape index (κ1) is 21.7. The van der Waals surface area contributed by atoms with Crippen molar-refractivity contribution < 1.29 is 19.1 Å². The molecule has 0 saturated heterocycles. The molecule has 2 aromatic carbocycles. The number of hydrogen-bond acceptors (Lipinski definition) is 5. The average Bonchev–Trinajstić information content (AvgIpc) is 2.80. The number of aliphatic hydroxyl groups is 1. The van der Waals surface area contributed by atoms with Gasteiger partial charge < -0.3 is 15.2 Å². The number of benzene rings is 2. The summed E-state index contributed by atoms with van der Waals surface area (Å²) in [6.45, 7) is 5.70. The number of amides is 2. The summed E-state index contributed by atoms with van der Waals surface area (Å²) in [4.78, 5) is 21.2. The smallest absolute Gasteiger partial charge is 0.416 e. The number of para-hydroxylation sites is 1. The van der Waals surface area contributed by atoms with Crippen LogP contribution < -0.4 is 10.1 Å². The Morgan fingerprint density at radius 3 is 2.70 bits per heavy atom. The van der Waals surface area contributed by atoms with Gasteiger partial charge in [0.1, 0.15) is 12.4 Å². The van der Waals surface area contributed by atoms with E-state index in [4.69, 9.17) is 4.74 Å². The number of nitrogens with one attached hydrogen (secondary N) is 1. The maximum Gasteiger partial charge on any atom is 0.416 e. The van der Waals surface area contributed by atoms with Gasteiger partial charge in [-0.3, -0.25) is 0 Å². The van der Waals surface area contributed by atoms with Crippen LogP contribution in [0.1, 0.15) is 31.3 Å². The number of urea groups is 1. The molecule has 0 spiro atoms. The molecular formula is C23H29N4O3+. The zero-order valence-corrected chi connectivity index (χ0v) is 17.7. The van der Waals surface area contributed by atoms with Crippen molar-refractivity contribution in [1.82, 2.24) is 15.3 Å². The van der Waals surface area contributed by atoms with Gasteiger partial charge in [-0.1, -0.05) is 30.3 Å².